The summed E-state index contributed by atoms with van der Waals surface area (Å²) in [6.45, 7) is 2.44. The summed E-state index contributed by atoms with van der Waals surface area (Å²) in [5.74, 6) is -0.294. The maximum Gasteiger partial charge on any atom is 0.337 e. The molecule has 0 fully saturated rings. The first-order valence-electron chi connectivity index (χ1n) is 9.26. The summed E-state index contributed by atoms with van der Waals surface area (Å²) < 4.78 is 4.75. The Morgan fingerprint density at radius 2 is 1.90 bits per heavy atom. The van der Waals surface area contributed by atoms with E-state index < -0.39 is 5.97 Å². The lowest BCUT2D eigenvalue weighted by Crippen LogP contribution is -2.30. The molecule has 4 rings (SSSR count). The number of rotatable bonds is 4. The number of ether oxygens (including phenoxy) is 1. The van der Waals surface area contributed by atoms with E-state index >= 15 is 0 Å². The molecule has 7 heteroatoms. The van der Waals surface area contributed by atoms with Gasteiger partial charge in [-0.15, -0.1) is 0 Å². The first-order valence-corrected chi connectivity index (χ1v) is 9.26. The van der Waals surface area contributed by atoms with E-state index in [2.05, 4.69) is 15.3 Å². The highest BCUT2D eigenvalue weighted by atomic mass is 16.5. The lowest BCUT2D eigenvalue weighted by molar-refractivity contribution is 0.0600. The van der Waals surface area contributed by atoms with Gasteiger partial charge < -0.3 is 15.0 Å². The molecule has 1 amide bonds. The molecule has 2 aromatic carbocycles. The van der Waals surface area contributed by atoms with Crippen molar-refractivity contribution in [1.82, 2.24) is 9.97 Å². The van der Waals surface area contributed by atoms with Gasteiger partial charge in [-0.1, -0.05) is 24.3 Å². The summed E-state index contributed by atoms with van der Waals surface area (Å²) in [5.41, 5.74) is 4.11. The van der Waals surface area contributed by atoms with Gasteiger partial charge in [0.05, 0.1) is 12.7 Å². The summed E-state index contributed by atoms with van der Waals surface area (Å²) >= 11 is 0. The summed E-state index contributed by atoms with van der Waals surface area (Å²) in [4.78, 5) is 35.4. The van der Waals surface area contributed by atoms with Crippen molar-refractivity contribution < 1.29 is 14.3 Å². The van der Waals surface area contributed by atoms with Gasteiger partial charge in [-0.25, -0.2) is 14.8 Å². The zero-order valence-corrected chi connectivity index (χ0v) is 16.2. The number of para-hydroxylation sites is 1. The lowest BCUT2D eigenvalue weighted by atomic mass is 10.2. The van der Waals surface area contributed by atoms with E-state index in [-0.39, 0.29) is 5.91 Å². The maximum absolute atomic E-state index is 13.1. The van der Waals surface area contributed by atoms with Crippen LogP contribution in [0.1, 0.15) is 32.1 Å². The zero-order valence-electron chi connectivity index (χ0n) is 16.2. The first kappa shape index (κ1) is 18.6. The van der Waals surface area contributed by atoms with Crippen LogP contribution < -0.4 is 10.2 Å². The van der Waals surface area contributed by atoms with Crippen LogP contribution in [-0.4, -0.2) is 35.5 Å². The molecule has 3 aromatic rings. The molecule has 0 bridgehead atoms. The Morgan fingerprint density at radius 1 is 1.07 bits per heavy atom. The number of benzene rings is 2. The summed E-state index contributed by atoms with van der Waals surface area (Å²) in [7, 11) is 1.33. The van der Waals surface area contributed by atoms with Crippen LogP contribution in [0.5, 0.6) is 0 Å². The predicted octanol–water partition coefficient (Wildman–Crippen LogP) is 3.52. The van der Waals surface area contributed by atoms with Crippen LogP contribution in [0, 0.1) is 6.92 Å². The van der Waals surface area contributed by atoms with Crippen molar-refractivity contribution >= 4 is 29.2 Å². The Balaban J connectivity index is 1.60. The van der Waals surface area contributed by atoms with Crippen molar-refractivity contribution in [1.29, 1.82) is 0 Å². The molecule has 1 aliphatic rings. The highest BCUT2D eigenvalue weighted by molar-refractivity contribution is 6.06. The predicted molar refractivity (Wildman–Crippen MR) is 110 cm³/mol. The van der Waals surface area contributed by atoms with E-state index in [0.717, 1.165) is 17.7 Å². The van der Waals surface area contributed by atoms with Crippen molar-refractivity contribution in [2.24, 2.45) is 0 Å². The average Bonchev–Trinajstić information content (AvgIpc) is 3.16. The molecular formula is C22H20N4O3. The van der Waals surface area contributed by atoms with Gasteiger partial charge in [-0.2, -0.15) is 0 Å². The van der Waals surface area contributed by atoms with Crippen molar-refractivity contribution in [3.05, 3.63) is 77.1 Å². The second-order valence-electron chi connectivity index (χ2n) is 6.75. The van der Waals surface area contributed by atoms with Crippen molar-refractivity contribution in [2.75, 3.05) is 23.9 Å². The highest BCUT2D eigenvalue weighted by Crippen LogP contribution is 2.29. The Morgan fingerprint density at radius 3 is 2.72 bits per heavy atom. The van der Waals surface area contributed by atoms with Gasteiger partial charge in [0, 0.05) is 23.6 Å². The number of anilines is 3. The smallest absolute Gasteiger partial charge is 0.337 e. The van der Waals surface area contributed by atoms with E-state index in [9.17, 15) is 9.59 Å². The van der Waals surface area contributed by atoms with Crippen LogP contribution >= 0.6 is 0 Å². The van der Waals surface area contributed by atoms with E-state index in [4.69, 9.17) is 4.74 Å². The van der Waals surface area contributed by atoms with Gasteiger partial charge in [0.2, 0.25) is 5.95 Å². The fraction of sp³-hybridized carbons (Fsp3) is 0.182. The molecule has 0 saturated heterocycles. The third kappa shape index (κ3) is 3.80. The second kappa shape index (κ2) is 7.71. The van der Waals surface area contributed by atoms with Gasteiger partial charge in [0.25, 0.3) is 5.91 Å². The number of aryl methyl sites for hydroxylation is 1. The number of aromatic nitrogens is 2. The summed E-state index contributed by atoms with van der Waals surface area (Å²) in [6.07, 6.45) is 0.831. The molecule has 1 aromatic heterocycles. The number of esters is 1. The molecule has 1 aliphatic heterocycles. The number of carbonyl (C=O) groups is 2. The van der Waals surface area contributed by atoms with E-state index in [0.29, 0.717) is 35.1 Å². The summed E-state index contributed by atoms with van der Waals surface area (Å²) in [6, 6.07) is 16.4. The molecule has 146 valence electrons. The molecule has 0 radical (unpaired) electrons. The minimum Gasteiger partial charge on any atom is -0.465 e. The van der Waals surface area contributed by atoms with Crippen LogP contribution in [0.15, 0.2) is 54.6 Å². The minimum absolute atomic E-state index is 0.160. The Kier molecular flexibility index (Phi) is 4.95. The summed E-state index contributed by atoms with van der Waals surface area (Å²) in [5, 5.41) is 3.07. The second-order valence-corrected chi connectivity index (χ2v) is 6.75. The number of methoxy groups -OCH3 is 1. The number of amides is 1. The standard InChI is InChI=1S/C22H20N4O3/c1-14-12-18(20(27)26-11-10-15-6-3-4-9-19(15)26)25-22(23-14)24-17-8-5-7-16(13-17)21(28)29-2/h3-9,12-13H,10-11H2,1-2H3,(H,23,24,25). The number of hydrogen-bond donors (Lipinski definition) is 1. The quantitative estimate of drug-likeness (QED) is 0.689. The number of hydrogen-bond acceptors (Lipinski definition) is 6. The van der Waals surface area contributed by atoms with Crippen LogP contribution in [0.3, 0.4) is 0 Å². The van der Waals surface area contributed by atoms with E-state index in [1.165, 1.54) is 7.11 Å². The Labute approximate surface area is 168 Å². The van der Waals surface area contributed by atoms with Gasteiger partial charge >= 0.3 is 5.97 Å². The van der Waals surface area contributed by atoms with Crippen molar-refractivity contribution in [3.8, 4) is 0 Å². The fourth-order valence-electron chi connectivity index (χ4n) is 3.39. The monoisotopic (exact) mass is 388 g/mol. The van der Waals surface area contributed by atoms with Gasteiger partial charge in [0.15, 0.2) is 0 Å². The molecule has 0 saturated carbocycles. The van der Waals surface area contributed by atoms with Crippen LogP contribution in [0.25, 0.3) is 0 Å². The van der Waals surface area contributed by atoms with E-state index in [1.807, 2.05) is 31.2 Å². The number of nitrogens with one attached hydrogen (secondary N) is 1. The number of fused-ring (bicyclic) bond motifs is 1. The fourth-order valence-corrected chi connectivity index (χ4v) is 3.39. The maximum atomic E-state index is 13.1. The Bertz CT molecular complexity index is 1100. The SMILES string of the molecule is COC(=O)c1cccc(Nc2nc(C)cc(C(=O)N3CCc4ccccc43)n2)c1. The van der Waals surface area contributed by atoms with Crippen LogP contribution in [0.4, 0.5) is 17.3 Å². The molecule has 0 atom stereocenters. The Hall–Kier alpha value is -3.74. The van der Waals surface area contributed by atoms with Crippen LogP contribution in [-0.2, 0) is 11.2 Å². The highest BCUT2D eigenvalue weighted by Gasteiger charge is 2.26. The zero-order chi connectivity index (χ0) is 20.4. The van der Waals surface area contributed by atoms with E-state index in [1.54, 1.807) is 35.2 Å². The molecule has 0 spiro atoms. The molecular weight excluding hydrogens is 368 g/mol. The molecule has 1 N–H and O–H groups in total. The average molecular weight is 388 g/mol. The van der Waals surface area contributed by atoms with Crippen molar-refractivity contribution in [3.63, 3.8) is 0 Å². The third-order valence-electron chi connectivity index (χ3n) is 4.75. The van der Waals surface area contributed by atoms with Crippen molar-refractivity contribution in [2.45, 2.75) is 13.3 Å². The van der Waals surface area contributed by atoms with Gasteiger partial charge in [-0.05, 0) is 49.2 Å². The van der Waals surface area contributed by atoms with Gasteiger partial charge in [0.1, 0.15) is 5.69 Å². The lowest BCUT2D eigenvalue weighted by Gasteiger charge is -2.17. The molecule has 2 heterocycles. The third-order valence-corrected chi connectivity index (χ3v) is 4.75. The molecule has 7 nitrogen and oxygen atoms in total. The number of nitrogens with zero attached hydrogens (tertiary/aromatic N) is 3. The number of carbonyl (C=O) groups excluding carboxylic acids is 2. The molecule has 0 aliphatic carbocycles. The normalized spacial score (nSPS) is 12.4. The first-order chi connectivity index (χ1) is 14.0. The van der Waals surface area contributed by atoms with Crippen LogP contribution in [0.2, 0.25) is 0 Å². The largest absolute Gasteiger partial charge is 0.465 e. The topological polar surface area (TPSA) is 84.4 Å². The molecule has 0 unspecified atom stereocenters. The minimum atomic E-state index is -0.428. The van der Waals surface area contributed by atoms with Gasteiger partial charge in [-0.3, -0.25) is 4.79 Å². The molecule has 29 heavy (non-hydrogen) atoms.